The van der Waals surface area contributed by atoms with Gasteiger partial charge in [0.15, 0.2) is 5.65 Å². The van der Waals surface area contributed by atoms with Crippen LogP contribution in [0.15, 0.2) is 36.8 Å². The predicted octanol–water partition coefficient (Wildman–Crippen LogP) is 3.28. The molecule has 4 rings (SSSR count). The molecule has 0 saturated heterocycles. The van der Waals surface area contributed by atoms with Crippen molar-refractivity contribution in [2.45, 2.75) is 19.5 Å². The molecule has 0 radical (unpaired) electrons. The monoisotopic (exact) mass is 343 g/mol. The Bertz CT molecular complexity index is 1050. The minimum Gasteiger partial charge on any atom is -0.360 e. The number of alkyl halides is 2. The number of aryl methyl sites for hydroxylation is 1. The van der Waals surface area contributed by atoms with Crippen LogP contribution in [0.4, 0.5) is 14.6 Å². The molecule has 128 valence electrons. The molecule has 0 aliphatic heterocycles. The first-order valence-electron chi connectivity index (χ1n) is 7.70. The van der Waals surface area contributed by atoms with Gasteiger partial charge in [0.05, 0.1) is 28.7 Å². The van der Waals surface area contributed by atoms with Crippen LogP contribution < -0.4 is 5.32 Å². The average molecular weight is 343 g/mol. The highest BCUT2D eigenvalue weighted by Crippen LogP contribution is 2.29. The summed E-state index contributed by atoms with van der Waals surface area (Å²) in [5.74, 6) is 0.769. The van der Waals surface area contributed by atoms with E-state index in [1.807, 2.05) is 0 Å². The number of nitrogens with zero attached hydrogens (tertiary/aromatic N) is 6. The van der Waals surface area contributed by atoms with Gasteiger partial charge < -0.3 is 5.32 Å². The van der Waals surface area contributed by atoms with Crippen molar-refractivity contribution in [3.8, 4) is 0 Å². The molecule has 3 aromatic heterocycles. The maximum atomic E-state index is 13.6. The maximum Gasteiger partial charge on any atom is 0.320 e. The molecule has 0 unspecified atom stereocenters. The van der Waals surface area contributed by atoms with E-state index in [0.717, 1.165) is 9.95 Å². The van der Waals surface area contributed by atoms with Crippen LogP contribution >= 0.6 is 0 Å². The number of hydrogen-bond acceptors (Lipinski definition) is 5. The predicted molar refractivity (Wildman–Crippen MR) is 89.3 cm³/mol. The van der Waals surface area contributed by atoms with Crippen molar-refractivity contribution in [1.82, 2.24) is 29.3 Å². The van der Waals surface area contributed by atoms with Gasteiger partial charge in [-0.3, -0.25) is 9.25 Å². The third-order valence-electron chi connectivity index (χ3n) is 4.09. The lowest BCUT2D eigenvalue weighted by molar-refractivity contribution is 0.0708. The Hall–Kier alpha value is -3.10. The van der Waals surface area contributed by atoms with E-state index >= 15 is 0 Å². The Balaban J connectivity index is 1.77. The molecular weight excluding hydrogens is 328 g/mol. The van der Waals surface area contributed by atoms with Crippen LogP contribution in [0.1, 0.15) is 25.3 Å². The minimum atomic E-state index is -2.68. The van der Waals surface area contributed by atoms with Gasteiger partial charge in [0.2, 0.25) is 0 Å². The van der Waals surface area contributed by atoms with Crippen molar-refractivity contribution in [3.05, 3.63) is 42.6 Å². The molecule has 0 saturated carbocycles. The van der Waals surface area contributed by atoms with E-state index in [1.165, 1.54) is 6.33 Å². The lowest BCUT2D eigenvalue weighted by Gasteiger charge is -2.16. The number of hydrogen-bond donors (Lipinski definition) is 1. The van der Waals surface area contributed by atoms with Crippen molar-refractivity contribution in [2.75, 3.05) is 5.32 Å². The normalized spacial score (nSPS) is 13.0. The number of imidazole rings is 1. The summed E-state index contributed by atoms with van der Waals surface area (Å²) in [7, 11) is 1.78. The number of anilines is 1. The summed E-state index contributed by atoms with van der Waals surface area (Å²) >= 11 is 0. The van der Waals surface area contributed by atoms with Crippen LogP contribution in [-0.2, 0) is 7.05 Å². The van der Waals surface area contributed by atoms with Gasteiger partial charge in [-0.05, 0) is 19.1 Å². The smallest absolute Gasteiger partial charge is 0.320 e. The number of aromatic nitrogens is 6. The molecular formula is C16H15F2N7. The summed E-state index contributed by atoms with van der Waals surface area (Å²) in [4.78, 5) is 12.8. The van der Waals surface area contributed by atoms with Crippen LogP contribution in [0, 0.1) is 0 Å². The van der Waals surface area contributed by atoms with Crippen LogP contribution in [0.3, 0.4) is 0 Å². The molecule has 1 atom stereocenters. The highest BCUT2D eigenvalue weighted by atomic mass is 19.3. The number of para-hydroxylation sites is 2. The van der Waals surface area contributed by atoms with Crippen LogP contribution in [0.25, 0.3) is 22.1 Å². The Morgan fingerprint density at radius 3 is 2.76 bits per heavy atom. The van der Waals surface area contributed by atoms with E-state index in [1.54, 1.807) is 49.1 Å². The summed E-state index contributed by atoms with van der Waals surface area (Å²) in [6.45, 7) is -0.917. The second kappa shape index (κ2) is 5.76. The lowest BCUT2D eigenvalue weighted by Crippen LogP contribution is -2.15. The van der Waals surface area contributed by atoms with E-state index in [2.05, 4.69) is 25.4 Å². The Kier molecular flexibility index (Phi) is 3.56. The van der Waals surface area contributed by atoms with Gasteiger partial charge in [-0.1, -0.05) is 12.1 Å². The molecule has 7 nitrogen and oxygen atoms in total. The Labute approximate surface area is 141 Å². The third kappa shape index (κ3) is 2.48. The fourth-order valence-electron chi connectivity index (χ4n) is 2.92. The summed E-state index contributed by atoms with van der Waals surface area (Å²) in [5.41, 5.74) is 1.59. The molecule has 0 amide bonds. The van der Waals surface area contributed by atoms with Crippen molar-refractivity contribution in [2.24, 2.45) is 7.05 Å². The molecule has 0 aliphatic rings. The fourth-order valence-corrected chi connectivity index (χ4v) is 2.92. The van der Waals surface area contributed by atoms with Crippen molar-refractivity contribution in [1.29, 1.82) is 0 Å². The van der Waals surface area contributed by atoms with Gasteiger partial charge in [0.25, 0.3) is 0 Å². The largest absolute Gasteiger partial charge is 0.360 e. The molecule has 25 heavy (non-hydrogen) atoms. The molecule has 0 aliphatic carbocycles. The van der Waals surface area contributed by atoms with Gasteiger partial charge in [-0.25, -0.2) is 15.0 Å². The number of nitrogens with one attached hydrogen (secondary N) is 1. The first-order valence-corrected chi connectivity index (χ1v) is 7.70. The van der Waals surface area contributed by atoms with Crippen molar-refractivity contribution in [3.63, 3.8) is 0 Å². The zero-order valence-electron chi connectivity index (χ0n) is 13.6. The van der Waals surface area contributed by atoms with Gasteiger partial charge in [-0.2, -0.15) is 13.9 Å². The molecule has 1 N–H and O–H groups in total. The second-order valence-electron chi connectivity index (χ2n) is 5.70. The number of halogens is 2. The molecule has 3 heterocycles. The fraction of sp³-hybridized carbons (Fsp3) is 0.250. The van der Waals surface area contributed by atoms with Crippen molar-refractivity contribution < 1.29 is 8.78 Å². The average Bonchev–Trinajstić information content (AvgIpc) is 3.17. The standard InChI is InChI=1S/C16H15F2N7/c1-9(22-13-10-7-21-24(2)15(10)20-8-19-13)14-23-11-5-3-4-6-12(11)25(14)16(17)18/h3-9,16H,1-2H3,(H,19,20,22)/t9-/m0/s1. The number of rotatable bonds is 4. The maximum absolute atomic E-state index is 13.6. The van der Waals surface area contributed by atoms with E-state index in [4.69, 9.17) is 0 Å². The van der Waals surface area contributed by atoms with E-state index in [-0.39, 0.29) is 5.82 Å². The topological polar surface area (TPSA) is 73.5 Å². The third-order valence-corrected chi connectivity index (χ3v) is 4.09. The summed E-state index contributed by atoms with van der Waals surface area (Å²) < 4.78 is 29.8. The van der Waals surface area contributed by atoms with E-state index < -0.39 is 12.6 Å². The van der Waals surface area contributed by atoms with Crippen LogP contribution in [0.5, 0.6) is 0 Å². The SMILES string of the molecule is C[C@H](Nc1ncnc2c1cnn2C)c1nc2ccccc2n1C(F)F. The molecule has 0 bridgehead atoms. The molecule has 4 aromatic rings. The summed E-state index contributed by atoms with van der Waals surface area (Å²) in [6, 6.07) is 6.36. The first-order chi connectivity index (χ1) is 12.1. The van der Waals surface area contributed by atoms with Gasteiger partial charge >= 0.3 is 6.55 Å². The second-order valence-corrected chi connectivity index (χ2v) is 5.70. The highest BCUT2D eigenvalue weighted by molar-refractivity contribution is 5.86. The van der Waals surface area contributed by atoms with Gasteiger partial charge in [-0.15, -0.1) is 0 Å². The summed E-state index contributed by atoms with van der Waals surface area (Å²) in [5, 5.41) is 8.02. The number of fused-ring (bicyclic) bond motifs is 2. The zero-order chi connectivity index (χ0) is 17.6. The van der Waals surface area contributed by atoms with E-state index in [0.29, 0.717) is 22.5 Å². The molecule has 0 fully saturated rings. The molecule has 0 spiro atoms. The zero-order valence-corrected chi connectivity index (χ0v) is 13.6. The summed E-state index contributed by atoms with van der Waals surface area (Å²) in [6.07, 6.45) is 3.05. The Morgan fingerprint density at radius 1 is 1.16 bits per heavy atom. The highest BCUT2D eigenvalue weighted by Gasteiger charge is 2.22. The molecule has 1 aromatic carbocycles. The molecule has 9 heteroatoms. The van der Waals surface area contributed by atoms with E-state index in [9.17, 15) is 8.78 Å². The van der Waals surface area contributed by atoms with Crippen LogP contribution in [0.2, 0.25) is 0 Å². The first kappa shape index (κ1) is 15.4. The number of benzene rings is 1. The van der Waals surface area contributed by atoms with Gasteiger partial charge in [0.1, 0.15) is 18.0 Å². The minimum absolute atomic E-state index is 0.242. The Morgan fingerprint density at radius 2 is 1.96 bits per heavy atom. The quantitative estimate of drug-likeness (QED) is 0.615. The van der Waals surface area contributed by atoms with Crippen LogP contribution in [-0.4, -0.2) is 29.3 Å². The van der Waals surface area contributed by atoms with Crippen molar-refractivity contribution >= 4 is 27.9 Å². The lowest BCUT2D eigenvalue weighted by atomic mass is 10.3. The van der Waals surface area contributed by atoms with Gasteiger partial charge in [0, 0.05) is 7.05 Å².